The first-order chi connectivity index (χ1) is 15.9. The maximum Gasteiger partial charge on any atom is 0.348 e. The van der Waals surface area contributed by atoms with Gasteiger partial charge in [0.15, 0.2) is 0 Å². The molecule has 2 aromatic rings. The summed E-state index contributed by atoms with van der Waals surface area (Å²) in [5, 5.41) is 10.4. The van der Waals surface area contributed by atoms with Crippen molar-refractivity contribution in [3.8, 4) is 11.8 Å². The predicted molar refractivity (Wildman–Crippen MR) is 136 cm³/mol. The lowest BCUT2D eigenvalue weighted by Crippen LogP contribution is -2.49. The van der Waals surface area contributed by atoms with E-state index in [0.29, 0.717) is 29.3 Å². The van der Waals surface area contributed by atoms with E-state index in [4.69, 9.17) is 23.2 Å². The summed E-state index contributed by atoms with van der Waals surface area (Å²) in [6.45, 7) is 6.41. The van der Waals surface area contributed by atoms with Crippen LogP contribution in [0.4, 0.5) is 5.69 Å². The van der Waals surface area contributed by atoms with Gasteiger partial charge >= 0.3 is 5.97 Å². The quantitative estimate of drug-likeness (QED) is 0.516. The van der Waals surface area contributed by atoms with Crippen LogP contribution in [0.1, 0.15) is 64.9 Å². The lowest BCUT2D eigenvalue weighted by Gasteiger charge is -2.32. The van der Waals surface area contributed by atoms with Gasteiger partial charge in [-0.15, -0.1) is 11.3 Å². The molecule has 0 saturated carbocycles. The van der Waals surface area contributed by atoms with Gasteiger partial charge in [0.05, 0.1) is 21.2 Å². The normalized spacial score (nSPS) is 16.5. The van der Waals surface area contributed by atoms with Crippen molar-refractivity contribution in [3.63, 3.8) is 0 Å². The van der Waals surface area contributed by atoms with Gasteiger partial charge in [-0.05, 0) is 64.3 Å². The average molecular weight is 521 g/mol. The molecule has 0 spiro atoms. The average Bonchev–Trinajstić information content (AvgIpc) is 3.09. The van der Waals surface area contributed by atoms with Crippen LogP contribution < -0.4 is 4.90 Å². The Morgan fingerprint density at radius 1 is 1.21 bits per heavy atom. The number of nitrogens with zero attached hydrogens (tertiary/aromatic N) is 2. The lowest BCUT2D eigenvalue weighted by molar-refractivity contribution is -0.130. The SMILES string of the molecule is CN1CCCCC(N(C(=O)c2ccc(Cl)cc2Cl)c2cc(C#CC(C)(C)C)sc2C(=O)O)C1=O. The summed E-state index contributed by atoms with van der Waals surface area (Å²) in [5.41, 5.74) is -0.0177. The Morgan fingerprint density at radius 2 is 1.91 bits per heavy atom. The molecule has 1 aromatic heterocycles. The zero-order valence-electron chi connectivity index (χ0n) is 19.4. The van der Waals surface area contributed by atoms with Crippen LogP contribution in [0, 0.1) is 17.3 Å². The number of carboxylic acids is 1. The van der Waals surface area contributed by atoms with E-state index in [1.54, 1.807) is 18.0 Å². The molecule has 1 fully saturated rings. The van der Waals surface area contributed by atoms with E-state index < -0.39 is 17.9 Å². The third kappa shape index (κ3) is 5.93. The first-order valence-electron chi connectivity index (χ1n) is 10.8. The molecule has 0 radical (unpaired) electrons. The molecule has 1 unspecified atom stereocenters. The second-order valence-electron chi connectivity index (χ2n) is 9.20. The Morgan fingerprint density at radius 3 is 2.53 bits per heavy atom. The lowest BCUT2D eigenvalue weighted by atomic mass is 9.98. The van der Waals surface area contributed by atoms with Gasteiger partial charge in [-0.2, -0.15) is 0 Å². The number of hydrogen-bond acceptors (Lipinski definition) is 4. The summed E-state index contributed by atoms with van der Waals surface area (Å²) >= 11 is 13.3. The molecule has 1 saturated heterocycles. The van der Waals surface area contributed by atoms with Gasteiger partial charge in [0.2, 0.25) is 5.91 Å². The van der Waals surface area contributed by atoms with Crippen LogP contribution in [0.15, 0.2) is 24.3 Å². The minimum absolute atomic E-state index is 0.0589. The van der Waals surface area contributed by atoms with Crippen molar-refractivity contribution in [2.75, 3.05) is 18.5 Å². The number of benzene rings is 1. The summed E-state index contributed by atoms with van der Waals surface area (Å²) in [6.07, 6.45) is 1.90. The summed E-state index contributed by atoms with van der Waals surface area (Å²) in [4.78, 5) is 42.6. The molecule has 1 aromatic carbocycles. The molecule has 1 N–H and O–H groups in total. The summed E-state index contributed by atoms with van der Waals surface area (Å²) in [7, 11) is 1.69. The van der Waals surface area contributed by atoms with Gasteiger partial charge in [-0.25, -0.2) is 4.79 Å². The molecule has 34 heavy (non-hydrogen) atoms. The van der Waals surface area contributed by atoms with Crippen LogP contribution in [0.2, 0.25) is 10.0 Å². The highest BCUT2D eigenvalue weighted by Gasteiger charge is 2.38. The van der Waals surface area contributed by atoms with Crippen molar-refractivity contribution >= 4 is 58.0 Å². The van der Waals surface area contributed by atoms with Crippen molar-refractivity contribution in [3.05, 3.63) is 49.6 Å². The van der Waals surface area contributed by atoms with Crippen molar-refractivity contribution in [2.24, 2.45) is 5.41 Å². The highest BCUT2D eigenvalue weighted by atomic mass is 35.5. The molecule has 2 heterocycles. The predicted octanol–water partition coefficient (Wildman–Crippen LogP) is 5.81. The van der Waals surface area contributed by atoms with E-state index in [2.05, 4.69) is 11.8 Å². The third-order valence-electron chi connectivity index (χ3n) is 5.30. The molecular weight excluding hydrogens is 495 g/mol. The number of halogens is 2. The molecule has 1 atom stereocenters. The molecule has 9 heteroatoms. The van der Waals surface area contributed by atoms with Gasteiger partial charge in [-0.1, -0.05) is 35.0 Å². The van der Waals surface area contributed by atoms with Gasteiger partial charge < -0.3 is 10.0 Å². The molecule has 2 amide bonds. The molecule has 3 rings (SSSR count). The zero-order chi connectivity index (χ0) is 25.2. The fraction of sp³-hybridized carbons (Fsp3) is 0.400. The molecule has 6 nitrogen and oxygen atoms in total. The number of hydrogen-bond donors (Lipinski definition) is 1. The third-order valence-corrected chi connectivity index (χ3v) is 6.88. The van der Waals surface area contributed by atoms with Gasteiger partial charge in [0.25, 0.3) is 5.91 Å². The number of likely N-dealkylation sites (tertiary alicyclic amines) is 1. The first-order valence-corrected chi connectivity index (χ1v) is 12.4. The monoisotopic (exact) mass is 520 g/mol. The Bertz CT molecular complexity index is 1190. The Kier molecular flexibility index (Phi) is 7.97. The van der Waals surface area contributed by atoms with Crippen LogP contribution in [0.3, 0.4) is 0 Å². The second-order valence-corrected chi connectivity index (χ2v) is 11.1. The topological polar surface area (TPSA) is 77.9 Å². The van der Waals surface area contributed by atoms with Crippen LogP contribution in [0.5, 0.6) is 0 Å². The molecule has 0 bridgehead atoms. The smallest absolute Gasteiger partial charge is 0.348 e. The standard InChI is InChI=1S/C25H26Cl2N2O4S/c1-25(2,3)11-10-16-14-20(21(34-16)24(32)33)29(19-7-5-6-12-28(4)23(19)31)22(30)17-9-8-15(26)13-18(17)27/h8-9,13-14,19H,5-7,12H2,1-4H3,(H,32,33). The van der Waals surface area contributed by atoms with Crippen LogP contribution >= 0.6 is 34.5 Å². The van der Waals surface area contributed by atoms with Gasteiger partial charge in [0, 0.05) is 24.0 Å². The molecule has 180 valence electrons. The van der Waals surface area contributed by atoms with Crippen LogP contribution in [-0.2, 0) is 4.79 Å². The Labute approximate surface area is 213 Å². The Hall–Kier alpha value is -2.53. The van der Waals surface area contributed by atoms with Crippen molar-refractivity contribution in [2.45, 2.75) is 46.1 Å². The van der Waals surface area contributed by atoms with E-state index in [0.717, 1.165) is 17.8 Å². The fourth-order valence-corrected chi connectivity index (χ4v) is 4.98. The van der Waals surface area contributed by atoms with Crippen LogP contribution in [0.25, 0.3) is 0 Å². The number of carbonyl (C=O) groups excluding carboxylic acids is 2. The number of amides is 2. The number of carboxylic acid groups (broad SMARTS) is 1. The number of rotatable bonds is 4. The first kappa shape index (κ1) is 26.1. The number of anilines is 1. The van der Waals surface area contributed by atoms with E-state index in [1.165, 1.54) is 23.1 Å². The van der Waals surface area contributed by atoms with Gasteiger partial charge in [0.1, 0.15) is 10.9 Å². The highest BCUT2D eigenvalue weighted by Crippen LogP contribution is 2.36. The zero-order valence-corrected chi connectivity index (χ0v) is 21.8. The minimum atomic E-state index is -1.20. The largest absolute Gasteiger partial charge is 0.477 e. The summed E-state index contributed by atoms with van der Waals surface area (Å²) < 4.78 is 0. The van der Waals surface area contributed by atoms with E-state index in [9.17, 15) is 19.5 Å². The minimum Gasteiger partial charge on any atom is -0.477 e. The van der Waals surface area contributed by atoms with Crippen molar-refractivity contribution in [1.82, 2.24) is 4.90 Å². The summed E-state index contributed by atoms with van der Waals surface area (Å²) in [5.74, 6) is 4.10. The maximum atomic E-state index is 13.8. The number of carbonyl (C=O) groups is 3. The van der Waals surface area contributed by atoms with Gasteiger partial charge in [-0.3, -0.25) is 14.5 Å². The maximum absolute atomic E-state index is 13.8. The molecule has 0 aliphatic carbocycles. The Balaban J connectivity index is 2.21. The number of aromatic carboxylic acids is 1. The van der Waals surface area contributed by atoms with E-state index in [-0.39, 0.29) is 32.5 Å². The molecule has 1 aliphatic heterocycles. The molecular formula is C25H26Cl2N2O4S. The van der Waals surface area contributed by atoms with E-state index >= 15 is 0 Å². The summed E-state index contributed by atoms with van der Waals surface area (Å²) in [6, 6.07) is 5.17. The van der Waals surface area contributed by atoms with Crippen LogP contribution in [-0.4, -0.2) is 47.4 Å². The van der Waals surface area contributed by atoms with Crippen molar-refractivity contribution in [1.29, 1.82) is 0 Å². The van der Waals surface area contributed by atoms with E-state index in [1.807, 2.05) is 20.8 Å². The highest BCUT2D eigenvalue weighted by molar-refractivity contribution is 7.15. The number of thiophene rings is 1. The second kappa shape index (κ2) is 10.4. The van der Waals surface area contributed by atoms with Crippen molar-refractivity contribution < 1.29 is 19.5 Å². The molecule has 1 aliphatic rings. The fourth-order valence-electron chi connectivity index (χ4n) is 3.65. The number of likely N-dealkylation sites (N-methyl/N-ethyl adjacent to an activating group) is 1.